The molecule has 0 aromatic carbocycles. The zero-order valence-corrected chi connectivity index (χ0v) is 12.3. The molecule has 3 rings (SSSR count). The lowest BCUT2D eigenvalue weighted by Crippen LogP contribution is -2.52. The van der Waals surface area contributed by atoms with Crippen LogP contribution in [-0.4, -0.2) is 61.9 Å². The lowest BCUT2D eigenvalue weighted by atomic mass is 10.2. The maximum Gasteiger partial charge on any atom is 0.350 e. The topological polar surface area (TPSA) is 106 Å². The minimum absolute atomic E-state index is 0.00751. The summed E-state index contributed by atoms with van der Waals surface area (Å²) in [6, 6.07) is 4.20. The Morgan fingerprint density at radius 3 is 2.96 bits per heavy atom. The average Bonchev–Trinajstić information content (AvgIpc) is 2.89. The Bertz CT molecular complexity index is 796. The highest BCUT2D eigenvalue weighted by atomic mass is 16.5. The van der Waals surface area contributed by atoms with Crippen LogP contribution in [0.25, 0.3) is 5.65 Å². The molecule has 1 N–H and O–H groups in total. The zero-order valence-electron chi connectivity index (χ0n) is 12.3. The lowest BCUT2D eigenvalue weighted by molar-refractivity contribution is -0.158. The van der Waals surface area contributed by atoms with Gasteiger partial charge in [0.05, 0.1) is 19.8 Å². The molecular formula is C14H16N4O5. The van der Waals surface area contributed by atoms with Gasteiger partial charge < -0.3 is 14.7 Å². The number of morpholine rings is 1. The van der Waals surface area contributed by atoms with Crippen molar-refractivity contribution in [1.29, 1.82) is 0 Å². The van der Waals surface area contributed by atoms with Gasteiger partial charge in [0.2, 0.25) is 5.91 Å². The van der Waals surface area contributed by atoms with Gasteiger partial charge in [0, 0.05) is 19.2 Å². The number of ether oxygens (including phenoxy) is 1. The highest BCUT2D eigenvalue weighted by Crippen LogP contribution is 2.09. The molecule has 0 aliphatic carbocycles. The minimum Gasteiger partial charge on any atom is -0.480 e. The summed E-state index contributed by atoms with van der Waals surface area (Å²) in [5.41, 5.74) is 0.171. The van der Waals surface area contributed by atoms with Crippen LogP contribution in [0.4, 0.5) is 0 Å². The summed E-state index contributed by atoms with van der Waals surface area (Å²) >= 11 is 0. The van der Waals surface area contributed by atoms with Crippen LogP contribution < -0.4 is 5.69 Å². The molecule has 0 spiro atoms. The Morgan fingerprint density at radius 1 is 1.39 bits per heavy atom. The van der Waals surface area contributed by atoms with Gasteiger partial charge in [-0.05, 0) is 12.1 Å². The minimum atomic E-state index is -1.09. The lowest BCUT2D eigenvalue weighted by Gasteiger charge is -2.32. The van der Waals surface area contributed by atoms with Gasteiger partial charge >= 0.3 is 11.7 Å². The summed E-state index contributed by atoms with van der Waals surface area (Å²) in [5.74, 6) is -1.42. The van der Waals surface area contributed by atoms with E-state index in [2.05, 4.69) is 5.10 Å². The number of pyridine rings is 1. The summed E-state index contributed by atoms with van der Waals surface area (Å²) in [6.45, 7) is 0.623. The van der Waals surface area contributed by atoms with E-state index in [1.807, 2.05) is 0 Å². The van der Waals surface area contributed by atoms with Crippen LogP contribution in [0.3, 0.4) is 0 Å². The number of carbonyl (C=O) groups excluding carboxylic acids is 1. The number of hydrogen-bond donors (Lipinski definition) is 1. The van der Waals surface area contributed by atoms with E-state index >= 15 is 0 Å². The Morgan fingerprint density at radius 2 is 2.22 bits per heavy atom. The van der Waals surface area contributed by atoms with Gasteiger partial charge in [-0.3, -0.25) is 9.20 Å². The molecule has 1 fully saturated rings. The highest BCUT2D eigenvalue weighted by Gasteiger charge is 2.32. The molecule has 2 aromatic heterocycles. The molecule has 23 heavy (non-hydrogen) atoms. The summed E-state index contributed by atoms with van der Waals surface area (Å²) in [5, 5.41) is 13.3. The van der Waals surface area contributed by atoms with Crippen molar-refractivity contribution in [3.63, 3.8) is 0 Å². The number of fused-ring (bicyclic) bond motifs is 1. The molecule has 0 bridgehead atoms. The van der Waals surface area contributed by atoms with Crippen LogP contribution in [0.5, 0.6) is 0 Å². The normalized spacial score (nSPS) is 18.3. The van der Waals surface area contributed by atoms with Crippen LogP contribution in [0.2, 0.25) is 0 Å². The van der Waals surface area contributed by atoms with Crippen molar-refractivity contribution < 1.29 is 19.4 Å². The van der Waals surface area contributed by atoms with Crippen molar-refractivity contribution >= 4 is 17.5 Å². The molecule has 9 heteroatoms. The number of nitrogens with zero attached hydrogens (tertiary/aromatic N) is 4. The average molecular weight is 320 g/mol. The number of amides is 1. The SMILES string of the molecule is O=C(O)[C@@H]1COCCN1C(=O)CCn1nc2ccccn2c1=O. The van der Waals surface area contributed by atoms with Crippen molar-refractivity contribution in [3.8, 4) is 0 Å². The van der Waals surface area contributed by atoms with Crippen molar-refractivity contribution in [2.75, 3.05) is 19.8 Å². The van der Waals surface area contributed by atoms with Crippen molar-refractivity contribution in [2.45, 2.75) is 19.0 Å². The number of carbonyl (C=O) groups is 2. The third-order valence-corrected chi connectivity index (χ3v) is 3.76. The maximum atomic E-state index is 12.3. The molecule has 1 aliphatic heterocycles. The quantitative estimate of drug-likeness (QED) is 0.790. The van der Waals surface area contributed by atoms with E-state index in [0.29, 0.717) is 12.3 Å². The molecule has 122 valence electrons. The Labute approximate surface area is 130 Å². The largest absolute Gasteiger partial charge is 0.480 e. The summed E-state index contributed by atoms with van der Waals surface area (Å²) in [6.07, 6.45) is 1.61. The fourth-order valence-corrected chi connectivity index (χ4v) is 2.57. The van der Waals surface area contributed by atoms with Crippen LogP contribution >= 0.6 is 0 Å². The number of aliphatic carboxylic acids is 1. The predicted molar refractivity (Wildman–Crippen MR) is 78.0 cm³/mol. The zero-order chi connectivity index (χ0) is 16.4. The fourth-order valence-electron chi connectivity index (χ4n) is 2.57. The maximum absolute atomic E-state index is 12.3. The van der Waals surface area contributed by atoms with E-state index in [0.717, 1.165) is 0 Å². The molecule has 1 saturated heterocycles. The van der Waals surface area contributed by atoms with Gasteiger partial charge in [0.1, 0.15) is 0 Å². The first-order valence-electron chi connectivity index (χ1n) is 7.22. The van der Waals surface area contributed by atoms with Gasteiger partial charge in [0.15, 0.2) is 11.7 Å². The Balaban J connectivity index is 1.71. The first-order chi connectivity index (χ1) is 11.1. The first kappa shape index (κ1) is 15.2. The third kappa shape index (κ3) is 2.95. The smallest absolute Gasteiger partial charge is 0.350 e. The molecule has 0 radical (unpaired) electrons. The van der Waals surface area contributed by atoms with Crippen molar-refractivity contribution in [3.05, 3.63) is 34.9 Å². The van der Waals surface area contributed by atoms with Gasteiger partial charge in [-0.25, -0.2) is 14.3 Å². The number of carboxylic acids is 1. The summed E-state index contributed by atoms with van der Waals surface area (Å²) in [7, 11) is 0. The highest BCUT2D eigenvalue weighted by molar-refractivity contribution is 5.83. The number of aryl methyl sites for hydroxylation is 1. The molecule has 3 heterocycles. The van der Waals surface area contributed by atoms with Crippen LogP contribution in [0.15, 0.2) is 29.2 Å². The molecule has 1 amide bonds. The monoisotopic (exact) mass is 320 g/mol. The second kappa shape index (κ2) is 6.21. The Hall–Kier alpha value is -2.68. The standard InChI is InChI=1S/C14H16N4O5/c19-12(16-7-8-23-9-10(16)13(20)21)4-6-18-14(22)17-5-2-1-3-11(17)15-18/h1-3,5,10H,4,6-9H2,(H,20,21)/t10-/m0/s1. The van der Waals surface area contributed by atoms with E-state index in [4.69, 9.17) is 9.84 Å². The van der Waals surface area contributed by atoms with E-state index in [1.54, 1.807) is 24.4 Å². The number of hydrogen-bond acceptors (Lipinski definition) is 5. The molecule has 9 nitrogen and oxygen atoms in total. The predicted octanol–water partition coefficient (Wildman–Crippen LogP) is -0.802. The Kier molecular flexibility index (Phi) is 4.11. The van der Waals surface area contributed by atoms with E-state index in [-0.39, 0.29) is 37.7 Å². The van der Waals surface area contributed by atoms with Crippen LogP contribution in [0, 0.1) is 0 Å². The second-order valence-corrected chi connectivity index (χ2v) is 5.20. The molecule has 2 aromatic rings. The number of carboxylic acid groups (broad SMARTS) is 1. The molecule has 0 saturated carbocycles. The van der Waals surface area contributed by atoms with Crippen LogP contribution in [-0.2, 0) is 20.9 Å². The fraction of sp³-hybridized carbons (Fsp3) is 0.429. The molecule has 1 atom stereocenters. The van der Waals surface area contributed by atoms with Gasteiger partial charge in [-0.1, -0.05) is 6.07 Å². The van der Waals surface area contributed by atoms with E-state index in [9.17, 15) is 14.4 Å². The number of aromatic nitrogens is 3. The molecule has 0 unspecified atom stereocenters. The summed E-state index contributed by atoms with van der Waals surface area (Å²) < 4.78 is 7.70. The molecular weight excluding hydrogens is 304 g/mol. The van der Waals surface area contributed by atoms with Crippen molar-refractivity contribution in [2.24, 2.45) is 0 Å². The van der Waals surface area contributed by atoms with Crippen LogP contribution in [0.1, 0.15) is 6.42 Å². The van der Waals surface area contributed by atoms with E-state index < -0.39 is 12.0 Å². The molecule has 1 aliphatic rings. The van der Waals surface area contributed by atoms with Gasteiger partial charge in [-0.15, -0.1) is 5.10 Å². The first-order valence-corrected chi connectivity index (χ1v) is 7.22. The van der Waals surface area contributed by atoms with E-state index in [1.165, 1.54) is 14.0 Å². The van der Waals surface area contributed by atoms with Gasteiger partial charge in [-0.2, -0.15) is 0 Å². The number of rotatable bonds is 4. The van der Waals surface area contributed by atoms with Crippen molar-refractivity contribution in [1.82, 2.24) is 19.1 Å². The second-order valence-electron chi connectivity index (χ2n) is 5.20. The third-order valence-electron chi connectivity index (χ3n) is 3.76. The van der Waals surface area contributed by atoms with Gasteiger partial charge in [0.25, 0.3) is 0 Å². The summed E-state index contributed by atoms with van der Waals surface area (Å²) in [4.78, 5) is 36.8.